The maximum atomic E-state index is 12.7. The van der Waals surface area contributed by atoms with Crippen molar-refractivity contribution in [3.8, 4) is 6.07 Å². The van der Waals surface area contributed by atoms with Gasteiger partial charge in [0.15, 0.2) is 0 Å². The number of piperazine rings is 1. The highest BCUT2D eigenvalue weighted by molar-refractivity contribution is 5.79. The van der Waals surface area contributed by atoms with Gasteiger partial charge >= 0.3 is 0 Å². The first kappa shape index (κ1) is 18.5. The lowest BCUT2D eigenvalue weighted by Gasteiger charge is -2.39. The van der Waals surface area contributed by atoms with E-state index in [0.29, 0.717) is 19.0 Å². The number of H-pyrrole nitrogens is 1. The quantitative estimate of drug-likeness (QED) is 0.894. The van der Waals surface area contributed by atoms with Gasteiger partial charge in [-0.3, -0.25) is 14.8 Å². The van der Waals surface area contributed by atoms with Gasteiger partial charge in [0.1, 0.15) is 6.04 Å². The predicted octanol–water partition coefficient (Wildman–Crippen LogP) is 1.90. The van der Waals surface area contributed by atoms with Gasteiger partial charge in [0, 0.05) is 37.8 Å². The van der Waals surface area contributed by atoms with E-state index in [1.807, 2.05) is 25.7 Å². The Labute approximate surface area is 144 Å². The van der Waals surface area contributed by atoms with E-state index in [2.05, 4.69) is 35.0 Å². The molecule has 6 nitrogen and oxygen atoms in total. The van der Waals surface area contributed by atoms with E-state index < -0.39 is 0 Å². The first-order valence-corrected chi connectivity index (χ1v) is 8.78. The Morgan fingerprint density at radius 1 is 1.25 bits per heavy atom. The lowest BCUT2D eigenvalue weighted by atomic mass is 9.97. The van der Waals surface area contributed by atoms with Gasteiger partial charge in [-0.2, -0.15) is 10.4 Å². The second-order valence-electron chi connectivity index (χ2n) is 7.20. The fourth-order valence-corrected chi connectivity index (χ4v) is 3.45. The summed E-state index contributed by atoms with van der Waals surface area (Å²) in [5.41, 5.74) is 3.18. The summed E-state index contributed by atoms with van der Waals surface area (Å²) in [6, 6.07) is 2.33. The fourth-order valence-electron chi connectivity index (χ4n) is 3.45. The van der Waals surface area contributed by atoms with E-state index in [1.54, 1.807) is 0 Å². The van der Waals surface area contributed by atoms with Crippen LogP contribution in [0.3, 0.4) is 0 Å². The number of nitrogens with zero attached hydrogens (tertiary/aromatic N) is 4. The molecule has 1 saturated heterocycles. The molecule has 1 aliphatic rings. The summed E-state index contributed by atoms with van der Waals surface area (Å²) in [6.07, 6.45) is 0.722. The standard InChI is InChI=1S/C18H29N5O/c1-12(2)17(11-19)22-6-8-23(9-7-22)18(24)13(3)10-16-14(4)20-21-15(16)5/h12-13,17H,6-10H2,1-5H3,(H,20,21)/t13-,17-/m0/s1. The zero-order valence-electron chi connectivity index (χ0n) is 15.5. The molecule has 0 unspecified atom stereocenters. The first-order chi connectivity index (χ1) is 11.3. The Balaban J connectivity index is 1.92. The summed E-state index contributed by atoms with van der Waals surface area (Å²) in [6.45, 7) is 13.1. The van der Waals surface area contributed by atoms with Crippen LogP contribution in [0.4, 0.5) is 0 Å². The number of aromatic nitrogens is 2. The minimum Gasteiger partial charge on any atom is -0.340 e. The second-order valence-corrected chi connectivity index (χ2v) is 7.20. The van der Waals surface area contributed by atoms with Crippen LogP contribution >= 0.6 is 0 Å². The molecule has 1 aromatic rings. The van der Waals surface area contributed by atoms with Crippen LogP contribution in [0.2, 0.25) is 0 Å². The van der Waals surface area contributed by atoms with Crippen molar-refractivity contribution in [2.24, 2.45) is 11.8 Å². The Kier molecular flexibility index (Phi) is 6.00. The molecular weight excluding hydrogens is 302 g/mol. The van der Waals surface area contributed by atoms with Gasteiger partial charge in [0.25, 0.3) is 0 Å². The van der Waals surface area contributed by atoms with E-state index in [1.165, 1.54) is 0 Å². The summed E-state index contributed by atoms with van der Waals surface area (Å²) in [4.78, 5) is 16.9. The highest BCUT2D eigenvalue weighted by atomic mass is 16.2. The summed E-state index contributed by atoms with van der Waals surface area (Å²) in [5, 5.41) is 16.5. The lowest BCUT2D eigenvalue weighted by molar-refractivity contribution is -0.137. The number of carbonyl (C=O) groups excluding carboxylic acids is 1. The van der Waals surface area contributed by atoms with Crippen LogP contribution in [-0.2, 0) is 11.2 Å². The molecule has 1 amide bonds. The molecule has 0 aliphatic carbocycles. The number of carbonyl (C=O) groups is 1. The number of hydrogen-bond acceptors (Lipinski definition) is 4. The largest absolute Gasteiger partial charge is 0.340 e. The van der Waals surface area contributed by atoms with E-state index in [0.717, 1.165) is 36.5 Å². The second kappa shape index (κ2) is 7.80. The Morgan fingerprint density at radius 2 is 1.88 bits per heavy atom. The molecule has 0 radical (unpaired) electrons. The summed E-state index contributed by atoms with van der Waals surface area (Å²) < 4.78 is 0. The number of aromatic amines is 1. The number of aryl methyl sites for hydroxylation is 2. The van der Waals surface area contributed by atoms with E-state index >= 15 is 0 Å². The molecule has 2 rings (SSSR count). The zero-order chi connectivity index (χ0) is 17.9. The molecule has 1 fully saturated rings. The Bertz CT molecular complexity index is 588. The molecule has 1 aliphatic heterocycles. The zero-order valence-corrected chi connectivity index (χ0v) is 15.5. The molecule has 2 heterocycles. The van der Waals surface area contributed by atoms with Crippen LogP contribution in [0, 0.1) is 37.0 Å². The number of rotatable bonds is 5. The highest BCUT2D eigenvalue weighted by Gasteiger charge is 2.29. The summed E-state index contributed by atoms with van der Waals surface area (Å²) >= 11 is 0. The smallest absolute Gasteiger partial charge is 0.225 e. The van der Waals surface area contributed by atoms with Crippen LogP contribution in [0.15, 0.2) is 0 Å². The molecular formula is C18H29N5O. The molecule has 2 atom stereocenters. The van der Waals surface area contributed by atoms with Crippen molar-refractivity contribution in [1.29, 1.82) is 5.26 Å². The van der Waals surface area contributed by atoms with Crippen LogP contribution in [0.5, 0.6) is 0 Å². The molecule has 1 N–H and O–H groups in total. The predicted molar refractivity (Wildman–Crippen MR) is 93.3 cm³/mol. The molecule has 132 valence electrons. The minimum atomic E-state index is -0.0593. The van der Waals surface area contributed by atoms with Gasteiger partial charge in [0.05, 0.1) is 11.8 Å². The monoisotopic (exact) mass is 331 g/mol. The van der Waals surface area contributed by atoms with Gasteiger partial charge in [-0.25, -0.2) is 0 Å². The van der Waals surface area contributed by atoms with E-state index in [4.69, 9.17) is 0 Å². The first-order valence-electron chi connectivity index (χ1n) is 8.78. The molecule has 6 heteroatoms. The van der Waals surface area contributed by atoms with Crippen LogP contribution in [-0.4, -0.2) is 58.1 Å². The third kappa shape index (κ3) is 3.96. The molecule has 0 saturated carbocycles. The molecule has 1 aromatic heterocycles. The topological polar surface area (TPSA) is 76.0 Å². The van der Waals surface area contributed by atoms with Crippen molar-refractivity contribution < 1.29 is 4.79 Å². The Hall–Kier alpha value is -1.87. The molecule has 0 spiro atoms. The summed E-state index contributed by atoms with van der Waals surface area (Å²) in [7, 11) is 0. The van der Waals surface area contributed by atoms with Crippen molar-refractivity contribution in [1.82, 2.24) is 20.0 Å². The van der Waals surface area contributed by atoms with Gasteiger partial charge in [0.2, 0.25) is 5.91 Å². The van der Waals surface area contributed by atoms with Crippen LogP contribution < -0.4 is 0 Å². The van der Waals surface area contributed by atoms with Crippen molar-refractivity contribution in [2.45, 2.75) is 47.1 Å². The average molecular weight is 331 g/mol. The maximum absolute atomic E-state index is 12.7. The van der Waals surface area contributed by atoms with Crippen molar-refractivity contribution in [3.05, 3.63) is 17.0 Å². The number of nitriles is 1. The number of nitrogens with one attached hydrogen (secondary N) is 1. The normalized spacial score (nSPS) is 18.5. The number of amides is 1. The molecule has 0 aromatic carbocycles. The summed E-state index contributed by atoms with van der Waals surface area (Å²) in [5.74, 6) is 0.458. The SMILES string of the molecule is Cc1n[nH]c(C)c1C[C@H](C)C(=O)N1CCN([C@@H](C#N)C(C)C)CC1. The van der Waals surface area contributed by atoms with Gasteiger partial charge in [-0.1, -0.05) is 20.8 Å². The molecule has 0 bridgehead atoms. The van der Waals surface area contributed by atoms with Crippen LogP contribution in [0.1, 0.15) is 37.7 Å². The van der Waals surface area contributed by atoms with Crippen LogP contribution in [0.25, 0.3) is 0 Å². The third-order valence-corrected chi connectivity index (χ3v) is 5.00. The van der Waals surface area contributed by atoms with Gasteiger partial charge in [-0.05, 0) is 31.7 Å². The highest BCUT2D eigenvalue weighted by Crippen LogP contribution is 2.19. The fraction of sp³-hybridized carbons (Fsp3) is 0.722. The van der Waals surface area contributed by atoms with Gasteiger partial charge in [-0.15, -0.1) is 0 Å². The average Bonchev–Trinajstić information content (AvgIpc) is 2.87. The Morgan fingerprint density at radius 3 is 2.33 bits per heavy atom. The van der Waals surface area contributed by atoms with Crippen molar-refractivity contribution >= 4 is 5.91 Å². The maximum Gasteiger partial charge on any atom is 0.225 e. The number of hydrogen-bond donors (Lipinski definition) is 1. The minimum absolute atomic E-state index is 0.0524. The lowest BCUT2D eigenvalue weighted by Crippen LogP contribution is -2.53. The van der Waals surface area contributed by atoms with E-state index in [-0.39, 0.29) is 17.9 Å². The van der Waals surface area contributed by atoms with E-state index in [9.17, 15) is 10.1 Å². The third-order valence-electron chi connectivity index (χ3n) is 5.00. The van der Waals surface area contributed by atoms with Gasteiger partial charge < -0.3 is 4.90 Å². The van der Waals surface area contributed by atoms with Crippen molar-refractivity contribution in [3.63, 3.8) is 0 Å². The van der Waals surface area contributed by atoms with Crippen molar-refractivity contribution in [2.75, 3.05) is 26.2 Å². The molecule has 24 heavy (non-hydrogen) atoms.